The molecule has 2 heterocycles. The molecule has 0 aliphatic carbocycles. The fourth-order valence-electron chi connectivity index (χ4n) is 4.59. The van der Waals surface area contributed by atoms with Gasteiger partial charge in [0.2, 0.25) is 0 Å². The lowest BCUT2D eigenvalue weighted by molar-refractivity contribution is 1.51. The van der Waals surface area contributed by atoms with Crippen LogP contribution in [0.1, 0.15) is 5.56 Å². The zero-order chi connectivity index (χ0) is 19.1. The van der Waals surface area contributed by atoms with Crippen LogP contribution in [0.2, 0.25) is 0 Å². The standard InChI is InChI=1S/C27H16S2/c1-15-6-7-18-10-21-23-14-26-22(13-27(23)29-25(21)12-19(18)8-15)20-9-16-4-2-3-5-17(16)11-24(20)28-26/h2-14H,1H3. The minimum absolute atomic E-state index is 1.32. The highest BCUT2D eigenvalue weighted by Crippen LogP contribution is 2.43. The predicted molar refractivity (Wildman–Crippen MR) is 132 cm³/mol. The van der Waals surface area contributed by atoms with Crippen molar-refractivity contribution in [3.8, 4) is 0 Å². The van der Waals surface area contributed by atoms with E-state index in [1.807, 2.05) is 22.7 Å². The fraction of sp³-hybridized carbons (Fsp3) is 0.0370. The van der Waals surface area contributed by atoms with Crippen molar-refractivity contribution in [1.29, 1.82) is 0 Å². The summed E-state index contributed by atoms with van der Waals surface area (Å²) in [6, 6.07) is 29.7. The van der Waals surface area contributed by atoms with E-state index in [4.69, 9.17) is 0 Å². The molecule has 0 atom stereocenters. The Morgan fingerprint density at radius 1 is 0.448 bits per heavy atom. The van der Waals surface area contributed by atoms with Gasteiger partial charge in [0.05, 0.1) is 0 Å². The number of aryl methyl sites for hydroxylation is 1. The van der Waals surface area contributed by atoms with Crippen LogP contribution < -0.4 is 0 Å². The van der Waals surface area contributed by atoms with Crippen molar-refractivity contribution < 1.29 is 0 Å². The SMILES string of the molecule is Cc1ccc2cc3c(cc2c1)sc1cc2c(cc13)sc1cc3ccccc3cc12. The van der Waals surface area contributed by atoms with Crippen molar-refractivity contribution in [3.05, 3.63) is 84.4 Å². The Bertz CT molecular complexity index is 1760. The van der Waals surface area contributed by atoms with E-state index in [9.17, 15) is 0 Å². The zero-order valence-corrected chi connectivity index (χ0v) is 17.5. The molecule has 2 heteroatoms. The summed E-state index contributed by atoms with van der Waals surface area (Å²) in [5, 5.41) is 10.8. The summed E-state index contributed by atoms with van der Waals surface area (Å²) in [6.45, 7) is 2.16. The maximum atomic E-state index is 2.42. The van der Waals surface area contributed by atoms with E-state index in [2.05, 4.69) is 85.8 Å². The van der Waals surface area contributed by atoms with E-state index < -0.39 is 0 Å². The lowest BCUT2D eigenvalue weighted by atomic mass is 10.0. The minimum atomic E-state index is 1.32. The van der Waals surface area contributed by atoms with Crippen LogP contribution in [0.15, 0.2) is 78.9 Å². The van der Waals surface area contributed by atoms with E-state index in [1.54, 1.807) is 0 Å². The summed E-state index contributed by atoms with van der Waals surface area (Å²) in [5.41, 5.74) is 1.32. The van der Waals surface area contributed by atoms with E-state index in [1.165, 1.54) is 67.5 Å². The first kappa shape index (κ1) is 15.9. The minimum Gasteiger partial charge on any atom is -0.135 e. The van der Waals surface area contributed by atoms with Crippen LogP contribution in [-0.2, 0) is 0 Å². The highest BCUT2D eigenvalue weighted by atomic mass is 32.1. The number of fused-ring (bicyclic) bond motifs is 8. The molecular weight excluding hydrogens is 388 g/mol. The Balaban J connectivity index is 1.60. The van der Waals surface area contributed by atoms with E-state index in [0.29, 0.717) is 0 Å². The van der Waals surface area contributed by atoms with Gasteiger partial charge in [0.15, 0.2) is 0 Å². The Kier molecular flexibility index (Phi) is 3.06. The first-order valence-corrected chi connectivity index (χ1v) is 11.5. The third-order valence-corrected chi connectivity index (χ3v) is 8.27. The number of thiophene rings is 2. The molecule has 0 radical (unpaired) electrons. The number of hydrogen-bond donors (Lipinski definition) is 0. The number of hydrogen-bond acceptors (Lipinski definition) is 2. The van der Waals surface area contributed by atoms with Crippen molar-refractivity contribution >= 4 is 84.6 Å². The molecule has 0 unspecified atom stereocenters. The molecule has 0 aliphatic rings. The maximum Gasteiger partial charge on any atom is 0.0362 e. The van der Waals surface area contributed by atoms with Gasteiger partial charge in [-0.05, 0) is 64.9 Å². The smallest absolute Gasteiger partial charge is 0.0362 e. The van der Waals surface area contributed by atoms with Crippen LogP contribution in [0.25, 0.3) is 61.9 Å². The topological polar surface area (TPSA) is 0 Å². The van der Waals surface area contributed by atoms with Crippen molar-refractivity contribution in [3.63, 3.8) is 0 Å². The van der Waals surface area contributed by atoms with E-state index in [0.717, 1.165) is 0 Å². The van der Waals surface area contributed by atoms with Gasteiger partial charge in [0, 0.05) is 40.3 Å². The molecular formula is C27H16S2. The molecule has 0 saturated heterocycles. The molecule has 7 rings (SSSR count). The molecule has 0 spiro atoms. The van der Waals surface area contributed by atoms with Crippen molar-refractivity contribution in [2.75, 3.05) is 0 Å². The van der Waals surface area contributed by atoms with Gasteiger partial charge in [-0.3, -0.25) is 0 Å². The lowest BCUT2D eigenvalue weighted by Crippen LogP contribution is -1.75. The van der Waals surface area contributed by atoms with E-state index in [-0.39, 0.29) is 0 Å². The van der Waals surface area contributed by atoms with Crippen LogP contribution >= 0.6 is 22.7 Å². The highest BCUT2D eigenvalue weighted by Gasteiger charge is 2.12. The quantitative estimate of drug-likeness (QED) is 0.236. The second-order valence-corrected chi connectivity index (χ2v) is 10.1. The Morgan fingerprint density at radius 3 is 1.59 bits per heavy atom. The second kappa shape index (κ2) is 5.56. The molecule has 136 valence electrons. The van der Waals surface area contributed by atoms with Crippen LogP contribution in [0.5, 0.6) is 0 Å². The molecule has 0 nitrogen and oxygen atoms in total. The molecule has 0 aliphatic heterocycles. The van der Waals surface area contributed by atoms with Gasteiger partial charge in [-0.1, -0.05) is 48.0 Å². The van der Waals surface area contributed by atoms with Gasteiger partial charge in [0.1, 0.15) is 0 Å². The molecule has 0 fully saturated rings. The van der Waals surface area contributed by atoms with Gasteiger partial charge >= 0.3 is 0 Å². The summed E-state index contributed by atoms with van der Waals surface area (Å²) < 4.78 is 5.52. The second-order valence-electron chi connectivity index (χ2n) is 7.94. The average molecular weight is 405 g/mol. The molecule has 0 N–H and O–H groups in total. The largest absolute Gasteiger partial charge is 0.135 e. The van der Waals surface area contributed by atoms with Crippen LogP contribution in [-0.4, -0.2) is 0 Å². The molecule has 7 aromatic rings. The summed E-state index contributed by atoms with van der Waals surface area (Å²) in [6.07, 6.45) is 0. The van der Waals surface area contributed by atoms with Crippen molar-refractivity contribution in [2.24, 2.45) is 0 Å². The third kappa shape index (κ3) is 2.24. The monoisotopic (exact) mass is 404 g/mol. The molecule has 0 amide bonds. The first-order valence-electron chi connectivity index (χ1n) is 9.85. The third-order valence-electron chi connectivity index (χ3n) is 6.04. The maximum absolute atomic E-state index is 2.42. The van der Waals surface area contributed by atoms with E-state index >= 15 is 0 Å². The molecule has 2 aromatic heterocycles. The average Bonchev–Trinajstić information content (AvgIpc) is 3.25. The summed E-state index contributed by atoms with van der Waals surface area (Å²) >= 11 is 3.83. The summed E-state index contributed by atoms with van der Waals surface area (Å²) in [7, 11) is 0. The van der Waals surface area contributed by atoms with Gasteiger partial charge < -0.3 is 0 Å². The molecule has 0 bridgehead atoms. The van der Waals surface area contributed by atoms with Crippen LogP contribution in [0.4, 0.5) is 0 Å². The van der Waals surface area contributed by atoms with Gasteiger partial charge in [-0.15, -0.1) is 22.7 Å². The van der Waals surface area contributed by atoms with Gasteiger partial charge in [-0.25, -0.2) is 0 Å². The predicted octanol–water partition coefficient (Wildman–Crippen LogP) is 9.04. The number of benzene rings is 5. The van der Waals surface area contributed by atoms with Crippen molar-refractivity contribution in [1.82, 2.24) is 0 Å². The molecule has 0 saturated carbocycles. The zero-order valence-electron chi connectivity index (χ0n) is 15.8. The molecule has 5 aromatic carbocycles. The fourth-order valence-corrected chi connectivity index (χ4v) is 6.91. The Hall–Kier alpha value is -2.94. The number of rotatable bonds is 0. The van der Waals surface area contributed by atoms with Gasteiger partial charge in [0.25, 0.3) is 0 Å². The Labute approximate surface area is 175 Å². The summed E-state index contributed by atoms with van der Waals surface area (Å²) in [4.78, 5) is 0. The first-order chi connectivity index (χ1) is 14.2. The highest BCUT2D eigenvalue weighted by molar-refractivity contribution is 7.27. The summed E-state index contributed by atoms with van der Waals surface area (Å²) in [5.74, 6) is 0. The Morgan fingerprint density at radius 2 is 0.931 bits per heavy atom. The van der Waals surface area contributed by atoms with Crippen LogP contribution in [0, 0.1) is 6.92 Å². The normalized spacial score (nSPS) is 12.3. The van der Waals surface area contributed by atoms with Crippen molar-refractivity contribution in [2.45, 2.75) is 6.92 Å². The van der Waals surface area contributed by atoms with Crippen LogP contribution in [0.3, 0.4) is 0 Å². The molecule has 29 heavy (non-hydrogen) atoms. The lowest BCUT2D eigenvalue weighted by Gasteiger charge is -2.00. The van der Waals surface area contributed by atoms with Gasteiger partial charge in [-0.2, -0.15) is 0 Å².